The molecule has 3 rings (SSSR count). The first-order valence-corrected chi connectivity index (χ1v) is 7.93. The number of carbonyl (C=O) groups is 1. The Balaban J connectivity index is 1.58. The van der Waals surface area contributed by atoms with E-state index in [1.165, 1.54) is 12.8 Å². The zero-order chi connectivity index (χ0) is 14.8. The van der Waals surface area contributed by atoms with Gasteiger partial charge in [0.15, 0.2) is 0 Å². The fraction of sp³-hybridized carbons (Fsp3) is 0.733. The largest absolute Gasteiger partial charge is 0.314 e. The van der Waals surface area contributed by atoms with Crippen LogP contribution in [0.4, 0.5) is 5.82 Å². The van der Waals surface area contributed by atoms with Crippen molar-refractivity contribution >= 4 is 11.7 Å². The molecule has 0 spiro atoms. The van der Waals surface area contributed by atoms with E-state index in [0.29, 0.717) is 24.5 Å². The molecule has 1 amide bonds. The molecule has 6 nitrogen and oxygen atoms in total. The van der Waals surface area contributed by atoms with E-state index in [9.17, 15) is 4.79 Å². The Hall–Kier alpha value is -1.40. The van der Waals surface area contributed by atoms with Crippen molar-refractivity contribution in [2.45, 2.75) is 38.8 Å². The number of nitrogens with one attached hydrogen (secondary N) is 2. The number of hydrogen-bond acceptors (Lipinski definition) is 4. The standard InChI is InChI=1S/C15H25N5O/c1-11-9-16-7-8-19(11)10-15(21)18-14-5-6-17-20(14)12(2)13-3-4-13/h5-6,11-13,16H,3-4,7-10H2,1-2H3,(H,18,21)/t11-,12?/m0/s1. The van der Waals surface area contributed by atoms with Gasteiger partial charge in [0.2, 0.25) is 5.91 Å². The van der Waals surface area contributed by atoms with Crippen molar-refractivity contribution in [2.75, 3.05) is 31.5 Å². The van der Waals surface area contributed by atoms with E-state index in [2.05, 4.69) is 34.5 Å². The smallest absolute Gasteiger partial charge is 0.239 e. The summed E-state index contributed by atoms with van der Waals surface area (Å²) in [5.41, 5.74) is 0. The molecule has 1 aromatic heterocycles. The number of amides is 1. The summed E-state index contributed by atoms with van der Waals surface area (Å²) in [5.74, 6) is 1.59. The molecule has 116 valence electrons. The first-order valence-electron chi connectivity index (χ1n) is 7.93. The molecule has 1 aliphatic heterocycles. The van der Waals surface area contributed by atoms with Gasteiger partial charge in [-0.2, -0.15) is 5.10 Å². The van der Waals surface area contributed by atoms with Gasteiger partial charge in [-0.15, -0.1) is 0 Å². The molecule has 2 aliphatic rings. The highest BCUT2D eigenvalue weighted by Crippen LogP contribution is 2.40. The van der Waals surface area contributed by atoms with Crippen LogP contribution >= 0.6 is 0 Å². The van der Waals surface area contributed by atoms with Crippen molar-refractivity contribution in [3.05, 3.63) is 12.3 Å². The second-order valence-electron chi connectivity index (χ2n) is 6.31. The van der Waals surface area contributed by atoms with E-state index >= 15 is 0 Å². The van der Waals surface area contributed by atoms with Gasteiger partial charge < -0.3 is 10.6 Å². The minimum Gasteiger partial charge on any atom is -0.314 e. The van der Waals surface area contributed by atoms with Gasteiger partial charge in [-0.05, 0) is 32.6 Å². The molecule has 1 saturated carbocycles. The Morgan fingerprint density at radius 3 is 3.10 bits per heavy atom. The number of carbonyl (C=O) groups excluding carboxylic acids is 1. The van der Waals surface area contributed by atoms with Gasteiger partial charge in [0.05, 0.1) is 18.8 Å². The summed E-state index contributed by atoms with van der Waals surface area (Å²) in [6, 6.07) is 2.66. The Bertz CT molecular complexity index is 496. The van der Waals surface area contributed by atoms with Crippen LogP contribution in [0.15, 0.2) is 12.3 Å². The summed E-state index contributed by atoms with van der Waals surface area (Å²) in [4.78, 5) is 14.5. The third-order valence-corrected chi connectivity index (χ3v) is 4.61. The Kier molecular flexibility index (Phi) is 4.26. The normalized spacial score (nSPS) is 24.8. The maximum absolute atomic E-state index is 12.3. The van der Waals surface area contributed by atoms with Crippen molar-refractivity contribution in [3.63, 3.8) is 0 Å². The molecule has 2 fully saturated rings. The second-order valence-corrected chi connectivity index (χ2v) is 6.31. The lowest BCUT2D eigenvalue weighted by Crippen LogP contribution is -2.52. The van der Waals surface area contributed by atoms with Crippen LogP contribution in [-0.4, -0.2) is 52.8 Å². The van der Waals surface area contributed by atoms with Crippen LogP contribution in [0.3, 0.4) is 0 Å². The highest BCUT2D eigenvalue weighted by molar-refractivity contribution is 5.91. The minimum absolute atomic E-state index is 0.0495. The van der Waals surface area contributed by atoms with E-state index in [-0.39, 0.29) is 5.91 Å². The van der Waals surface area contributed by atoms with E-state index in [1.54, 1.807) is 6.20 Å². The summed E-state index contributed by atoms with van der Waals surface area (Å²) in [5, 5.41) is 10.7. The zero-order valence-electron chi connectivity index (χ0n) is 12.9. The SMILES string of the molecule is CC(C1CC1)n1nccc1NC(=O)CN1CCNC[C@@H]1C. The second kappa shape index (κ2) is 6.15. The quantitative estimate of drug-likeness (QED) is 0.852. The van der Waals surface area contributed by atoms with Gasteiger partial charge in [0.1, 0.15) is 5.82 Å². The monoisotopic (exact) mass is 291 g/mol. The molecule has 1 aromatic rings. The predicted octanol–water partition coefficient (Wildman–Crippen LogP) is 1.09. The lowest BCUT2D eigenvalue weighted by atomic mass is 10.2. The Morgan fingerprint density at radius 1 is 1.57 bits per heavy atom. The average molecular weight is 291 g/mol. The molecule has 1 unspecified atom stereocenters. The predicted molar refractivity (Wildman–Crippen MR) is 82.2 cm³/mol. The van der Waals surface area contributed by atoms with Crippen LogP contribution in [-0.2, 0) is 4.79 Å². The molecule has 0 aromatic carbocycles. The van der Waals surface area contributed by atoms with Crippen LogP contribution in [0.25, 0.3) is 0 Å². The average Bonchev–Trinajstić information content (AvgIpc) is 3.21. The number of piperazine rings is 1. The summed E-state index contributed by atoms with van der Waals surface area (Å²) < 4.78 is 1.96. The van der Waals surface area contributed by atoms with Gasteiger partial charge >= 0.3 is 0 Å². The van der Waals surface area contributed by atoms with Crippen LogP contribution in [0, 0.1) is 5.92 Å². The van der Waals surface area contributed by atoms with Crippen molar-refractivity contribution in [3.8, 4) is 0 Å². The molecule has 0 bridgehead atoms. The maximum atomic E-state index is 12.3. The topological polar surface area (TPSA) is 62.2 Å². The van der Waals surface area contributed by atoms with Crippen LogP contribution in [0.5, 0.6) is 0 Å². The summed E-state index contributed by atoms with van der Waals surface area (Å²) in [6.07, 6.45) is 4.31. The molecule has 1 aliphatic carbocycles. The molecule has 2 heterocycles. The van der Waals surface area contributed by atoms with Crippen molar-refractivity contribution < 1.29 is 4.79 Å². The van der Waals surface area contributed by atoms with Crippen LogP contribution < -0.4 is 10.6 Å². The lowest BCUT2D eigenvalue weighted by molar-refractivity contribution is -0.118. The third-order valence-electron chi connectivity index (χ3n) is 4.61. The fourth-order valence-corrected chi connectivity index (χ4v) is 3.00. The van der Waals surface area contributed by atoms with Crippen LogP contribution in [0.1, 0.15) is 32.7 Å². The molecular formula is C15H25N5O. The van der Waals surface area contributed by atoms with Gasteiger partial charge in [-0.1, -0.05) is 0 Å². The highest BCUT2D eigenvalue weighted by Gasteiger charge is 2.31. The van der Waals surface area contributed by atoms with Crippen molar-refractivity contribution in [1.82, 2.24) is 20.0 Å². The minimum atomic E-state index is 0.0495. The first-order chi connectivity index (χ1) is 10.1. The Morgan fingerprint density at radius 2 is 2.38 bits per heavy atom. The first kappa shape index (κ1) is 14.5. The molecular weight excluding hydrogens is 266 g/mol. The molecule has 21 heavy (non-hydrogen) atoms. The molecule has 6 heteroatoms. The zero-order valence-corrected chi connectivity index (χ0v) is 12.9. The lowest BCUT2D eigenvalue weighted by Gasteiger charge is -2.33. The van der Waals surface area contributed by atoms with E-state index < -0.39 is 0 Å². The fourth-order valence-electron chi connectivity index (χ4n) is 3.00. The van der Waals surface area contributed by atoms with Crippen molar-refractivity contribution in [2.24, 2.45) is 5.92 Å². The third kappa shape index (κ3) is 3.44. The van der Waals surface area contributed by atoms with Crippen LogP contribution in [0.2, 0.25) is 0 Å². The summed E-state index contributed by atoms with van der Waals surface area (Å²) in [6.45, 7) is 7.61. The highest BCUT2D eigenvalue weighted by atomic mass is 16.2. The molecule has 0 radical (unpaired) electrons. The van der Waals surface area contributed by atoms with Gasteiger partial charge in [-0.3, -0.25) is 9.69 Å². The molecule has 1 saturated heterocycles. The number of nitrogens with zero attached hydrogens (tertiary/aromatic N) is 3. The molecule has 2 N–H and O–H groups in total. The van der Waals surface area contributed by atoms with E-state index in [1.807, 2.05) is 10.7 Å². The van der Waals surface area contributed by atoms with Gasteiger partial charge in [0, 0.05) is 31.7 Å². The Labute approximate surface area is 125 Å². The maximum Gasteiger partial charge on any atom is 0.239 e. The van der Waals surface area contributed by atoms with Gasteiger partial charge in [0.25, 0.3) is 0 Å². The molecule has 2 atom stereocenters. The summed E-state index contributed by atoms with van der Waals surface area (Å²) in [7, 11) is 0. The number of anilines is 1. The number of aromatic nitrogens is 2. The number of hydrogen-bond donors (Lipinski definition) is 2. The van der Waals surface area contributed by atoms with Crippen molar-refractivity contribution in [1.29, 1.82) is 0 Å². The van der Waals surface area contributed by atoms with E-state index in [4.69, 9.17) is 0 Å². The van der Waals surface area contributed by atoms with Gasteiger partial charge in [-0.25, -0.2) is 4.68 Å². The van der Waals surface area contributed by atoms with E-state index in [0.717, 1.165) is 25.5 Å². The summed E-state index contributed by atoms with van der Waals surface area (Å²) >= 11 is 0. The number of rotatable bonds is 5.